The minimum absolute atomic E-state index is 0.269. The minimum Gasteiger partial charge on any atom is -0.330 e. The van der Waals surface area contributed by atoms with Crippen LogP contribution in [0.2, 0.25) is 0 Å². The summed E-state index contributed by atoms with van der Waals surface area (Å²) < 4.78 is 0. The van der Waals surface area contributed by atoms with Gasteiger partial charge in [-0.25, -0.2) is 0 Å². The van der Waals surface area contributed by atoms with Crippen LogP contribution in [-0.4, -0.2) is 18.8 Å². The number of fused-ring (bicyclic) bond motifs is 1. The molecule has 2 heteroatoms. The normalized spacial score (nSPS) is 31.6. The standard InChI is InChI=1S/C10H12N2/c11-7-9-4-1-3-8-5-2-6-12-10(8)9/h1-6,9-10H,7,11H2. The van der Waals surface area contributed by atoms with Gasteiger partial charge in [0.25, 0.3) is 0 Å². The molecule has 1 aliphatic carbocycles. The lowest BCUT2D eigenvalue weighted by Crippen LogP contribution is -2.28. The highest BCUT2D eigenvalue weighted by Crippen LogP contribution is 2.24. The average Bonchev–Trinajstić information content (AvgIpc) is 2.17. The molecular formula is C10H12N2. The third kappa shape index (κ3) is 1.14. The second-order valence-corrected chi connectivity index (χ2v) is 3.05. The molecular weight excluding hydrogens is 148 g/mol. The third-order valence-electron chi connectivity index (χ3n) is 2.29. The molecule has 2 unspecified atom stereocenters. The van der Waals surface area contributed by atoms with Crippen molar-refractivity contribution in [2.45, 2.75) is 6.04 Å². The van der Waals surface area contributed by atoms with E-state index < -0.39 is 0 Å². The van der Waals surface area contributed by atoms with Gasteiger partial charge in [-0.15, -0.1) is 0 Å². The van der Waals surface area contributed by atoms with Crippen LogP contribution in [0.5, 0.6) is 0 Å². The quantitative estimate of drug-likeness (QED) is 0.612. The Morgan fingerprint density at radius 2 is 2.33 bits per heavy atom. The summed E-state index contributed by atoms with van der Waals surface area (Å²) in [5, 5.41) is 0. The molecule has 2 nitrogen and oxygen atoms in total. The van der Waals surface area contributed by atoms with E-state index in [2.05, 4.69) is 29.3 Å². The van der Waals surface area contributed by atoms with Gasteiger partial charge in [0.05, 0.1) is 6.04 Å². The molecule has 2 N–H and O–H groups in total. The zero-order valence-corrected chi connectivity index (χ0v) is 6.85. The maximum absolute atomic E-state index is 5.63. The van der Waals surface area contributed by atoms with Crippen LogP contribution < -0.4 is 5.73 Å². The van der Waals surface area contributed by atoms with Gasteiger partial charge in [-0.1, -0.05) is 24.3 Å². The first kappa shape index (κ1) is 7.50. The molecule has 1 heterocycles. The molecule has 0 aromatic carbocycles. The Morgan fingerprint density at radius 1 is 1.42 bits per heavy atom. The minimum atomic E-state index is 0.269. The summed E-state index contributed by atoms with van der Waals surface area (Å²) in [6.07, 6.45) is 12.2. The molecule has 0 saturated carbocycles. The zero-order chi connectivity index (χ0) is 8.39. The number of allylic oxidation sites excluding steroid dienone is 3. The van der Waals surface area contributed by atoms with Crippen LogP contribution in [0.1, 0.15) is 0 Å². The number of dihydropyridines is 1. The molecule has 0 spiro atoms. The van der Waals surface area contributed by atoms with Crippen molar-refractivity contribution in [3.05, 3.63) is 36.0 Å². The summed E-state index contributed by atoms with van der Waals surface area (Å²) in [5.41, 5.74) is 6.91. The highest BCUT2D eigenvalue weighted by Gasteiger charge is 2.22. The highest BCUT2D eigenvalue weighted by molar-refractivity contribution is 5.75. The molecule has 0 amide bonds. The topological polar surface area (TPSA) is 38.4 Å². The fourth-order valence-electron chi connectivity index (χ4n) is 1.62. The summed E-state index contributed by atoms with van der Waals surface area (Å²) in [6, 6.07) is 0.269. The lowest BCUT2D eigenvalue weighted by atomic mass is 9.88. The maximum atomic E-state index is 5.63. The van der Waals surface area contributed by atoms with E-state index in [4.69, 9.17) is 5.73 Å². The molecule has 0 fully saturated rings. The van der Waals surface area contributed by atoms with Gasteiger partial charge in [-0.3, -0.25) is 4.99 Å². The molecule has 62 valence electrons. The number of hydrogen-bond donors (Lipinski definition) is 1. The van der Waals surface area contributed by atoms with Crippen molar-refractivity contribution in [1.29, 1.82) is 0 Å². The molecule has 2 aliphatic rings. The third-order valence-corrected chi connectivity index (χ3v) is 2.29. The van der Waals surface area contributed by atoms with Crippen molar-refractivity contribution < 1.29 is 0 Å². The SMILES string of the molecule is NCC1C=CC=C2C=CC=NC21. The van der Waals surface area contributed by atoms with Crippen molar-refractivity contribution in [1.82, 2.24) is 0 Å². The van der Waals surface area contributed by atoms with E-state index >= 15 is 0 Å². The van der Waals surface area contributed by atoms with Crippen molar-refractivity contribution in [2.75, 3.05) is 6.54 Å². The summed E-state index contributed by atoms with van der Waals surface area (Å²) in [6.45, 7) is 0.670. The van der Waals surface area contributed by atoms with Crippen LogP contribution in [0, 0.1) is 5.92 Å². The Labute approximate surface area is 72.2 Å². The van der Waals surface area contributed by atoms with E-state index in [1.807, 2.05) is 12.3 Å². The Bertz CT molecular complexity index is 284. The Kier molecular flexibility index (Phi) is 1.92. The molecule has 0 radical (unpaired) electrons. The van der Waals surface area contributed by atoms with E-state index in [1.165, 1.54) is 5.57 Å². The average molecular weight is 160 g/mol. The number of aliphatic imine (C=N–C) groups is 1. The number of nitrogens with zero attached hydrogens (tertiary/aromatic N) is 1. The van der Waals surface area contributed by atoms with Crippen LogP contribution in [0.15, 0.2) is 40.9 Å². The van der Waals surface area contributed by atoms with Gasteiger partial charge in [0.2, 0.25) is 0 Å². The van der Waals surface area contributed by atoms with Crippen LogP contribution in [0.4, 0.5) is 0 Å². The highest BCUT2D eigenvalue weighted by atomic mass is 14.8. The van der Waals surface area contributed by atoms with E-state index in [1.54, 1.807) is 0 Å². The number of nitrogens with two attached hydrogens (primary N) is 1. The maximum Gasteiger partial charge on any atom is 0.0823 e. The largest absolute Gasteiger partial charge is 0.330 e. The lowest BCUT2D eigenvalue weighted by molar-refractivity contribution is 0.568. The van der Waals surface area contributed by atoms with Crippen LogP contribution in [0.25, 0.3) is 0 Å². The van der Waals surface area contributed by atoms with Crippen molar-refractivity contribution in [2.24, 2.45) is 16.6 Å². The molecule has 1 aliphatic heterocycles. The summed E-state index contributed by atoms with van der Waals surface area (Å²) >= 11 is 0. The zero-order valence-electron chi connectivity index (χ0n) is 6.85. The van der Waals surface area contributed by atoms with Gasteiger partial charge in [0.1, 0.15) is 0 Å². The van der Waals surface area contributed by atoms with E-state index in [-0.39, 0.29) is 6.04 Å². The van der Waals surface area contributed by atoms with Gasteiger partial charge in [0, 0.05) is 18.7 Å². The first-order chi connectivity index (χ1) is 5.92. The van der Waals surface area contributed by atoms with Crippen LogP contribution in [-0.2, 0) is 0 Å². The number of hydrogen-bond acceptors (Lipinski definition) is 2. The monoisotopic (exact) mass is 160 g/mol. The van der Waals surface area contributed by atoms with Crippen LogP contribution in [0.3, 0.4) is 0 Å². The first-order valence-electron chi connectivity index (χ1n) is 4.20. The predicted octanol–water partition coefficient (Wildman–Crippen LogP) is 1.07. The second kappa shape index (κ2) is 3.07. The molecule has 0 bridgehead atoms. The van der Waals surface area contributed by atoms with Gasteiger partial charge in [-0.2, -0.15) is 0 Å². The smallest absolute Gasteiger partial charge is 0.0823 e. The van der Waals surface area contributed by atoms with Crippen molar-refractivity contribution >= 4 is 6.21 Å². The second-order valence-electron chi connectivity index (χ2n) is 3.05. The molecule has 0 aromatic heterocycles. The molecule has 0 saturated heterocycles. The summed E-state index contributed by atoms with van der Waals surface area (Å²) in [5.74, 6) is 0.381. The van der Waals surface area contributed by atoms with Gasteiger partial charge in [-0.05, 0) is 11.6 Å². The molecule has 2 rings (SSSR count). The molecule has 12 heavy (non-hydrogen) atoms. The Hall–Kier alpha value is -1.15. The van der Waals surface area contributed by atoms with Crippen molar-refractivity contribution in [3.8, 4) is 0 Å². The fraction of sp³-hybridized carbons (Fsp3) is 0.300. The van der Waals surface area contributed by atoms with Gasteiger partial charge < -0.3 is 5.73 Å². The van der Waals surface area contributed by atoms with E-state index in [9.17, 15) is 0 Å². The summed E-state index contributed by atoms with van der Waals surface area (Å²) in [7, 11) is 0. The first-order valence-corrected chi connectivity index (χ1v) is 4.20. The molecule has 2 atom stereocenters. The van der Waals surface area contributed by atoms with E-state index in [0.717, 1.165) is 0 Å². The van der Waals surface area contributed by atoms with Gasteiger partial charge >= 0.3 is 0 Å². The Morgan fingerprint density at radius 3 is 3.17 bits per heavy atom. The van der Waals surface area contributed by atoms with Crippen molar-refractivity contribution in [3.63, 3.8) is 0 Å². The van der Waals surface area contributed by atoms with E-state index in [0.29, 0.717) is 12.5 Å². The van der Waals surface area contributed by atoms with Gasteiger partial charge in [0.15, 0.2) is 0 Å². The number of rotatable bonds is 1. The Balaban J connectivity index is 2.29. The molecule has 0 aromatic rings. The summed E-state index contributed by atoms with van der Waals surface area (Å²) in [4.78, 5) is 4.39. The lowest BCUT2D eigenvalue weighted by Gasteiger charge is -2.25. The fourth-order valence-corrected chi connectivity index (χ4v) is 1.62. The van der Waals surface area contributed by atoms with Crippen LogP contribution >= 0.6 is 0 Å². The predicted molar refractivity (Wildman–Crippen MR) is 51.2 cm³/mol.